The lowest BCUT2D eigenvalue weighted by molar-refractivity contribution is -0.129. The first-order valence-electron chi connectivity index (χ1n) is 6.09. The summed E-state index contributed by atoms with van der Waals surface area (Å²) in [5.41, 5.74) is -0.219. The average molecular weight is 214 g/mol. The van der Waals surface area contributed by atoms with Crippen LogP contribution in [0.4, 0.5) is 0 Å². The van der Waals surface area contributed by atoms with Gasteiger partial charge in [-0.15, -0.1) is 0 Å². The molecule has 0 radical (unpaired) electrons. The van der Waals surface area contributed by atoms with Crippen molar-refractivity contribution in [3.8, 4) is 0 Å². The van der Waals surface area contributed by atoms with E-state index in [9.17, 15) is 5.11 Å². The Morgan fingerprint density at radius 3 is 2.40 bits per heavy atom. The predicted molar refractivity (Wildman–Crippen MR) is 62.8 cm³/mol. The Kier molecular flexibility index (Phi) is 3.83. The zero-order valence-corrected chi connectivity index (χ0v) is 10.8. The highest BCUT2D eigenvalue weighted by Gasteiger charge is 2.42. The molecule has 0 spiro atoms. The number of hydrogen-bond acceptors (Lipinski definition) is 2. The van der Waals surface area contributed by atoms with E-state index in [2.05, 4.69) is 20.8 Å². The number of rotatable bonds is 3. The van der Waals surface area contributed by atoms with Gasteiger partial charge in [0.15, 0.2) is 0 Å². The molecule has 2 atom stereocenters. The molecule has 0 saturated heterocycles. The first-order valence-corrected chi connectivity index (χ1v) is 6.09. The summed E-state index contributed by atoms with van der Waals surface area (Å²) in [5, 5.41) is 10.5. The third-order valence-electron chi connectivity index (χ3n) is 3.68. The third kappa shape index (κ3) is 3.46. The summed E-state index contributed by atoms with van der Waals surface area (Å²) in [7, 11) is 0. The number of ether oxygens (including phenoxy) is 1. The van der Waals surface area contributed by atoms with Crippen LogP contribution in [0.2, 0.25) is 0 Å². The van der Waals surface area contributed by atoms with E-state index in [1.165, 1.54) is 0 Å². The van der Waals surface area contributed by atoms with Crippen LogP contribution in [0.3, 0.4) is 0 Å². The molecule has 2 nitrogen and oxygen atoms in total. The van der Waals surface area contributed by atoms with Crippen LogP contribution in [0, 0.1) is 11.3 Å². The van der Waals surface area contributed by atoms with Gasteiger partial charge in [-0.2, -0.15) is 0 Å². The molecule has 0 aliphatic heterocycles. The minimum absolute atomic E-state index is 0.205. The van der Waals surface area contributed by atoms with Gasteiger partial charge in [0.25, 0.3) is 0 Å². The van der Waals surface area contributed by atoms with Gasteiger partial charge in [0, 0.05) is 0 Å². The Hall–Kier alpha value is -0.0800. The highest BCUT2D eigenvalue weighted by Crippen LogP contribution is 2.43. The van der Waals surface area contributed by atoms with Crippen LogP contribution in [0.1, 0.15) is 53.9 Å². The highest BCUT2D eigenvalue weighted by atomic mass is 16.5. The third-order valence-corrected chi connectivity index (χ3v) is 3.68. The summed E-state index contributed by atoms with van der Waals surface area (Å²) in [6, 6.07) is 0. The molecular formula is C13H26O2. The summed E-state index contributed by atoms with van der Waals surface area (Å²) in [6.45, 7) is 11.2. The topological polar surface area (TPSA) is 29.5 Å². The van der Waals surface area contributed by atoms with Gasteiger partial charge in [0.1, 0.15) is 0 Å². The maximum absolute atomic E-state index is 10.5. The maximum Gasteiger partial charge on any atom is 0.0906 e. The fourth-order valence-corrected chi connectivity index (χ4v) is 2.45. The molecule has 0 aromatic heterocycles. The molecule has 15 heavy (non-hydrogen) atoms. The van der Waals surface area contributed by atoms with E-state index in [0.717, 1.165) is 19.3 Å². The normalized spacial score (nSPS) is 35.8. The van der Waals surface area contributed by atoms with Crippen molar-refractivity contribution in [2.24, 2.45) is 11.3 Å². The van der Waals surface area contributed by atoms with Crippen LogP contribution in [-0.4, -0.2) is 23.4 Å². The second-order valence-electron chi connectivity index (χ2n) is 6.23. The molecule has 1 saturated carbocycles. The maximum atomic E-state index is 10.5. The van der Waals surface area contributed by atoms with Crippen molar-refractivity contribution in [3.05, 3.63) is 0 Å². The average Bonchev–Trinajstić information content (AvgIpc) is 2.09. The van der Waals surface area contributed by atoms with Gasteiger partial charge in [-0.25, -0.2) is 0 Å². The van der Waals surface area contributed by atoms with Crippen LogP contribution in [0.25, 0.3) is 0 Å². The van der Waals surface area contributed by atoms with Crippen molar-refractivity contribution in [2.45, 2.75) is 65.6 Å². The lowest BCUT2D eigenvalue weighted by Crippen LogP contribution is -2.47. The molecule has 0 heterocycles. The van der Waals surface area contributed by atoms with Crippen molar-refractivity contribution < 1.29 is 9.84 Å². The van der Waals surface area contributed by atoms with Gasteiger partial charge >= 0.3 is 0 Å². The SMILES string of the molecule is CC(C)OCC1(O)CCC(C)(C)CC1C. The van der Waals surface area contributed by atoms with Gasteiger partial charge in [0.2, 0.25) is 0 Å². The lowest BCUT2D eigenvalue weighted by atomic mass is 9.66. The zero-order valence-electron chi connectivity index (χ0n) is 10.8. The highest BCUT2D eigenvalue weighted by molar-refractivity contribution is 4.93. The van der Waals surface area contributed by atoms with Crippen LogP contribution >= 0.6 is 0 Å². The molecule has 1 aliphatic rings. The fraction of sp³-hybridized carbons (Fsp3) is 1.00. The van der Waals surface area contributed by atoms with E-state index in [4.69, 9.17) is 4.74 Å². The lowest BCUT2D eigenvalue weighted by Gasteiger charge is -2.45. The van der Waals surface area contributed by atoms with Crippen LogP contribution in [0.15, 0.2) is 0 Å². The van der Waals surface area contributed by atoms with Crippen molar-refractivity contribution in [1.82, 2.24) is 0 Å². The summed E-state index contributed by atoms with van der Waals surface area (Å²) in [6.07, 6.45) is 3.25. The summed E-state index contributed by atoms with van der Waals surface area (Å²) in [5.74, 6) is 0.333. The minimum Gasteiger partial charge on any atom is -0.387 e. The van der Waals surface area contributed by atoms with E-state index >= 15 is 0 Å². The van der Waals surface area contributed by atoms with Crippen molar-refractivity contribution >= 4 is 0 Å². The van der Waals surface area contributed by atoms with Crippen molar-refractivity contribution in [1.29, 1.82) is 0 Å². The molecule has 1 N–H and O–H groups in total. The number of aliphatic hydroxyl groups is 1. The van der Waals surface area contributed by atoms with Crippen molar-refractivity contribution in [2.75, 3.05) is 6.61 Å². The van der Waals surface area contributed by atoms with Crippen LogP contribution in [-0.2, 0) is 4.74 Å². The van der Waals surface area contributed by atoms with E-state index in [-0.39, 0.29) is 6.10 Å². The van der Waals surface area contributed by atoms with Gasteiger partial charge in [0.05, 0.1) is 18.3 Å². The van der Waals surface area contributed by atoms with E-state index in [1.54, 1.807) is 0 Å². The smallest absolute Gasteiger partial charge is 0.0906 e. The Morgan fingerprint density at radius 1 is 1.33 bits per heavy atom. The Balaban J connectivity index is 2.54. The molecule has 2 heteroatoms. The largest absolute Gasteiger partial charge is 0.387 e. The molecule has 90 valence electrons. The minimum atomic E-state index is -0.597. The van der Waals surface area contributed by atoms with Gasteiger partial charge in [-0.1, -0.05) is 20.8 Å². The van der Waals surface area contributed by atoms with E-state index in [0.29, 0.717) is 17.9 Å². The van der Waals surface area contributed by atoms with Gasteiger partial charge in [-0.3, -0.25) is 0 Å². The fourth-order valence-electron chi connectivity index (χ4n) is 2.45. The summed E-state index contributed by atoms with van der Waals surface area (Å²) in [4.78, 5) is 0. The molecule has 0 amide bonds. The molecule has 0 aromatic carbocycles. The zero-order chi connectivity index (χ0) is 11.7. The van der Waals surface area contributed by atoms with E-state index in [1.807, 2.05) is 13.8 Å². The summed E-state index contributed by atoms with van der Waals surface area (Å²) >= 11 is 0. The molecule has 1 fully saturated rings. The quantitative estimate of drug-likeness (QED) is 0.782. The molecule has 2 unspecified atom stereocenters. The predicted octanol–water partition coefficient (Wildman–Crippen LogP) is 2.99. The molecule has 1 aliphatic carbocycles. The first-order chi connectivity index (χ1) is 6.75. The van der Waals surface area contributed by atoms with Gasteiger partial charge in [-0.05, 0) is 44.4 Å². The standard InChI is InChI=1S/C13H26O2/c1-10(2)15-9-13(14)7-6-12(4,5)8-11(13)3/h10-11,14H,6-9H2,1-5H3. The van der Waals surface area contributed by atoms with Crippen LogP contribution < -0.4 is 0 Å². The van der Waals surface area contributed by atoms with Crippen LogP contribution in [0.5, 0.6) is 0 Å². The molecular weight excluding hydrogens is 188 g/mol. The number of hydrogen-bond donors (Lipinski definition) is 1. The van der Waals surface area contributed by atoms with Gasteiger partial charge < -0.3 is 9.84 Å². The first kappa shape index (κ1) is 13.0. The molecule has 1 rings (SSSR count). The second kappa shape index (κ2) is 4.42. The van der Waals surface area contributed by atoms with E-state index < -0.39 is 5.60 Å². The van der Waals surface area contributed by atoms with Crippen molar-refractivity contribution in [3.63, 3.8) is 0 Å². The monoisotopic (exact) mass is 214 g/mol. The molecule has 0 aromatic rings. The Labute approximate surface area is 94.0 Å². The Bertz CT molecular complexity index is 207. The second-order valence-corrected chi connectivity index (χ2v) is 6.23. The summed E-state index contributed by atoms with van der Waals surface area (Å²) < 4.78 is 5.57. The Morgan fingerprint density at radius 2 is 1.93 bits per heavy atom. The molecule has 0 bridgehead atoms.